The lowest BCUT2D eigenvalue weighted by Crippen LogP contribution is -2.61. The second-order valence-electron chi connectivity index (χ2n) is 14.7. The van der Waals surface area contributed by atoms with Gasteiger partial charge in [0.25, 0.3) is 0 Å². The van der Waals surface area contributed by atoms with Crippen LogP contribution in [0.1, 0.15) is 79.7 Å². The highest BCUT2D eigenvalue weighted by Gasteiger charge is 2.43. The predicted molar refractivity (Wildman–Crippen MR) is 203 cm³/mol. The summed E-state index contributed by atoms with van der Waals surface area (Å²) in [4.78, 5) is 57.3. The minimum atomic E-state index is -1.01. The molecule has 4 N–H and O–H groups in total. The van der Waals surface area contributed by atoms with E-state index in [1.54, 1.807) is 47.1 Å². The maximum absolute atomic E-state index is 14.1. The molecule has 1 saturated heterocycles. The summed E-state index contributed by atoms with van der Waals surface area (Å²) >= 11 is 5.74. The van der Waals surface area contributed by atoms with Gasteiger partial charge in [0.1, 0.15) is 12.1 Å². The fourth-order valence-electron chi connectivity index (χ4n) is 6.83. The molecule has 0 saturated carbocycles. The number of carbonyl (C=O) groups is 4. The largest absolute Gasteiger partial charge is 0.480 e. The quantitative estimate of drug-likeness (QED) is 0.146. The molecule has 1 aromatic rings. The van der Waals surface area contributed by atoms with Crippen molar-refractivity contribution in [3.8, 4) is 0 Å². The highest BCUT2D eigenvalue weighted by molar-refractivity contribution is 7.80. The number of nitrogens with one attached hydrogen (secondary N) is 3. The van der Waals surface area contributed by atoms with Crippen LogP contribution in [0.3, 0.4) is 0 Å². The minimum absolute atomic E-state index is 0.0170. The number of likely N-dealkylation sites (N-methyl/N-ethyl adjacent to an activating group) is 2. The average Bonchev–Trinajstić information content (AvgIpc) is 3.59. The molecule has 13 heteroatoms. The number of carbonyl (C=O) groups excluding carboxylic acids is 3. The summed E-state index contributed by atoms with van der Waals surface area (Å²) in [5.74, 6) is -2.23. The van der Waals surface area contributed by atoms with E-state index in [1.165, 1.54) is 0 Å². The molecule has 1 fully saturated rings. The number of likely N-dealkylation sites (tertiary alicyclic amines) is 1. The van der Waals surface area contributed by atoms with E-state index in [9.17, 15) is 24.3 Å². The maximum Gasteiger partial charge on any atom is 0.326 e. The zero-order chi connectivity index (χ0) is 38.6. The Morgan fingerprint density at radius 3 is 2.20 bits per heavy atom. The zero-order valence-corrected chi connectivity index (χ0v) is 33.3. The van der Waals surface area contributed by atoms with Crippen LogP contribution in [-0.4, -0.2) is 120 Å². The average molecular weight is 734 g/mol. The fourth-order valence-corrected chi connectivity index (χ4v) is 7.10. The van der Waals surface area contributed by atoms with Crippen molar-refractivity contribution in [2.24, 2.45) is 17.8 Å². The molecule has 12 nitrogen and oxygen atoms in total. The fraction of sp³-hybridized carbons (Fsp3) is 0.711. The van der Waals surface area contributed by atoms with E-state index in [-0.39, 0.29) is 54.4 Å². The second kappa shape index (κ2) is 20.2. The summed E-state index contributed by atoms with van der Waals surface area (Å²) in [7, 11) is 6.56. The standard InChI is InChI=1S/C38H63N5O7S/c1-12-24(4)32(42(9)35(45)31(23(2)3)41-37(48)38(6,7)39-8)29(49-10)22-30(44)43-20-16-19-28(43)33(50-11)25(5)34(51)40-27(36(46)47)21-26-17-14-13-15-18-26/h13-15,17-18,23-25,27-29,31-33,39H,12,16,19-22H2,1-11H3,(H,40,51)(H,41,48)(H,46,47)/t24?,25?,27-,28?,29?,31?,32?,33?/m0/s1. The summed E-state index contributed by atoms with van der Waals surface area (Å²) in [6.45, 7) is 13.8. The zero-order valence-electron chi connectivity index (χ0n) is 32.5. The molecule has 1 aliphatic rings. The number of thiocarbonyl (C=S) groups is 1. The molecule has 3 amide bonds. The molecule has 0 radical (unpaired) electrons. The number of ether oxygens (including phenoxy) is 2. The molecule has 8 atom stereocenters. The van der Waals surface area contributed by atoms with E-state index < -0.39 is 41.8 Å². The lowest BCUT2D eigenvalue weighted by atomic mass is 9.89. The van der Waals surface area contributed by atoms with E-state index in [0.29, 0.717) is 18.0 Å². The van der Waals surface area contributed by atoms with Gasteiger partial charge in [-0.25, -0.2) is 4.79 Å². The van der Waals surface area contributed by atoms with E-state index in [0.717, 1.165) is 18.4 Å². The van der Waals surface area contributed by atoms with Crippen LogP contribution in [0.2, 0.25) is 0 Å². The Balaban J connectivity index is 2.26. The molecule has 0 aliphatic carbocycles. The van der Waals surface area contributed by atoms with Crippen molar-refractivity contribution in [2.45, 2.75) is 122 Å². The first kappa shape index (κ1) is 44.0. The van der Waals surface area contributed by atoms with Gasteiger partial charge < -0.3 is 40.3 Å². The monoisotopic (exact) mass is 733 g/mol. The summed E-state index contributed by atoms with van der Waals surface area (Å²) in [6.07, 6.45) is 1.43. The molecule has 0 spiro atoms. The van der Waals surface area contributed by atoms with Crippen molar-refractivity contribution in [1.82, 2.24) is 25.8 Å². The van der Waals surface area contributed by atoms with Crippen molar-refractivity contribution in [2.75, 3.05) is 34.9 Å². The smallest absolute Gasteiger partial charge is 0.326 e. The SMILES string of the molecule is CCC(C)C(C(CC(=O)N1CCCC1C(OC)C(C)C(=S)N[C@@H](Cc1ccccc1)C(=O)O)OC)N(C)C(=O)C(NC(=O)C(C)(C)NC)C(C)C. The third-order valence-electron chi connectivity index (χ3n) is 10.6. The number of carboxylic acids is 1. The first-order chi connectivity index (χ1) is 23.9. The van der Waals surface area contributed by atoms with E-state index in [2.05, 4.69) is 16.0 Å². The molecule has 51 heavy (non-hydrogen) atoms. The van der Waals surface area contributed by atoms with Gasteiger partial charge in [-0.15, -0.1) is 0 Å². The Hall–Kier alpha value is -3.13. The number of amides is 3. The number of carboxylic acid groups (broad SMARTS) is 1. The Labute approximate surface area is 310 Å². The van der Waals surface area contributed by atoms with Crippen molar-refractivity contribution >= 4 is 40.9 Å². The van der Waals surface area contributed by atoms with Gasteiger partial charge in [0, 0.05) is 40.2 Å². The second-order valence-corrected chi connectivity index (χ2v) is 15.2. The molecule has 1 heterocycles. The lowest BCUT2D eigenvalue weighted by Gasteiger charge is -2.41. The third-order valence-corrected chi connectivity index (χ3v) is 11.1. The number of hydrogen-bond acceptors (Lipinski definition) is 8. The van der Waals surface area contributed by atoms with E-state index >= 15 is 0 Å². The van der Waals surface area contributed by atoms with Crippen LogP contribution in [0.15, 0.2) is 30.3 Å². The first-order valence-electron chi connectivity index (χ1n) is 18.1. The van der Waals surface area contributed by atoms with Gasteiger partial charge in [-0.3, -0.25) is 14.4 Å². The van der Waals surface area contributed by atoms with Crippen LogP contribution in [0, 0.1) is 17.8 Å². The number of nitrogens with zero attached hydrogens (tertiary/aromatic N) is 2. The van der Waals surface area contributed by atoms with E-state index in [1.807, 2.05) is 69.9 Å². The van der Waals surface area contributed by atoms with Gasteiger partial charge in [-0.1, -0.05) is 83.6 Å². The number of rotatable bonds is 20. The number of benzene rings is 1. The van der Waals surface area contributed by atoms with Gasteiger partial charge in [-0.05, 0) is 51.1 Å². The molecule has 0 bridgehead atoms. The summed E-state index contributed by atoms with van der Waals surface area (Å²) in [5.41, 5.74) is 0.00883. The maximum atomic E-state index is 14.1. The minimum Gasteiger partial charge on any atom is -0.480 e. The Kier molecular flexibility index (Phi) is 17.4. The molecular formula is C38H63N5O7S. The molecule has 1 aliphatic heterocycles. The van der Waals surface area contributed by atoms with Crippen LogP contribution in [-0.2, 0) is 35.1 Å². The number of methoxy groups -OCH3 is 2. The number of aliphatic carboxylic acids is 1. The normalized spacial score (nSPS) is 19.0. The topological polar surface area (TPSA) is 150 Å². The van der Waals surface area contributed by atoms with Gasteiger partial charge in [0.2, 0.25) is 17.7 Å². The van der Waals surface area contributed by atoms with Crippen LogP contribution in [0.4, 0.5) is 0 Å². The Morgan fingerprint density at radius 2 is 1.69 bits per heavy atom. The summed E-state index contributed by atoms with van der Waals surface area (Å²) in [5, 5.41) is 18.9. The van der Waals surface area contributed by atoms with Crippen molar-refractivity contribution in [1.29, 1.82) is 0 Å². The predicted octanol–water partition coefficient (Wildman–Crippen LogP) is 3.66. The molecule has 288 valence electrons. The van der Waals surface area contributed by atoms with Gasteiger partial charge in [0.05, 0.1) is 41.2 Å². The summed E-state index contributed by atoms with van der Waals surface area (Å²) < 4.78 is 12.0. The number of hydrogen-bond donors (Lipinski definition) is 4. The molecule has 2 rings (SSSR count). The van der Waals surface area contributed by atoms with Gasteiger partial charge in [-0.2, -0.15) is 0 Å². The van der Waals surface area contributed by atoms with Crippen LogP contribution >= 0.6 is 12.2 Å². The highest BCUT2D eigenvalue weighted by Crippen LogP contribution is 2.30. The van der Waals surface area contributed by atoms with Crippen molar-refractivity contribution in [3.05, 3.63) is 35.9 Å². The molecule has 1 aromatic carbocycles. The van der Waals surface area contributed by atoms with Crippen molar-refractivity contribution < 1.29 is 33.8 Å². The van der Waals surface area contributed by atoms with Gasteiger partial charge in [0.15, 0.2) is 0 Å². The third kappa shape index (κ3) is 11.7. The first-order valence-corrected chi connectivity index (χ1v) is 18.5. The van der Waals surface area contributed by atoms with Crippen LogP contribution < -0.4 is 16.0 Å². The van der Waals surface area contributed by atoms with Crippen LogP contribution in [0.25, 0.3) is 0 Å². The highest BCUT2D eigenvalue weighted by atomic mass is 32.1. The van der Waals surface area contributed by atoms with Crippen molar-refractivity contribution in [3.63, 3.8) is 0 Å². The lowest BCUT2D eigenvalue weighted by molar-refractivity contribution is -0.147. The van der Waals surface area contributed by atoms with E-state index in [4.69, 9.17) is 21.7 Å². The summed E-state index contributed by atoms with van der Waals surface area (Å²) in [6, 6.07) is 6.95. The van der Waals surface area contributed by atoms with Gasteiger partial charge >= 0.3 is 5.97 Å². The molecule has 7 unspecified atom stereocenters. The molecule has 0 aromatic heterocycles. The Morgan fingerprint density at radius 1 is 1.06 bits per heavy atom. The Bertz CT molecular complexity index is 1310. The van der Waals surface area contributed by atoms with Crippen LogP contribution in [0.5, 0.6) is 0 Å². The molecular weight excluding hydrogens is 671 g/mol.